The van der Waals surface area contributed by atoms with E-state index in [1.54, 1.807) is 27.7 Å². The maximum absolute atomic E-state index is 14.4. The third kappa shape index (κ3) is 4.63. The number of aromatic nitrogens is 1. The van der Waals surface area contributed by atoms with E-state index >= 15 is 0 Å². The van der Waals surface area contributed by atoms with E-state index in [0.717, 1.165) is 0 Å². The van der Waals surface area contributed by atoms with Crippen LogP contribution in [0.15, 0.2) is 6.07 Å². The Hall–Kier alpha value is -1.76. The number of amides is 2. The number of carbonyl (C=O) groups excluding carboxylic acids is 2. The van der Waals surface area contributed by atoms with Crippen LogP contribution in [0.5, 0.6) is 0 Å². The number of nitrogens with zero attached hydrogens (tertiary/aromatic N) is 1. The first-order chi connectivity index (χ1) is 11.1. The Morgan fingerprint density at radius 2 is 2.12 bits per heavy atom. The normalized spacial score (nSPS) is 21.5. The van der Waals surface area contributed by atoms with Crippen molar-refractivity contribution in [2.24, 2.45) is 0 Å². The molecule has 8 heteroatoms. The van der Waals surface area contributed by atoms with Crippen LogP contribution >= 0.6 is 11.6 Å². The first kappa shape index (κ1) is 18.6. The number of aromatic amines is 1. The lowest BCUT2D eigenvalue weighted by atomic mass is 10.0. The second kappa shape index (κ2) is 7.01. The average molecular weight is 360 g/mol. The number of hydrogen-bond acceptors (Lipinski definition) is 3. The molecule has 1 saturated heterocycles. The summed E-state index contributed by atoms with van der Waals surface area (Å²) in [6.07, 6.45) is -1.58. The predicted molar refractivity (Wildman–Crippen MR) is 89.1 cm³/mol. The number of alkyl halides is 1. The van der Waals surface area contributed by atoms with Crippen molar-refractivity contribution >= 4 is 23.6 Å². The molecule has 1 aliphatic heterocycles. The quantitative estimate of drug-likeness (QED) is 0.852. The number of piperidine rings is 1. The molecule has 0 aliphatic carbocycles. The summed E-state index contributed by atoms with van der Waals surface area (Å²) < 4.78 is 19.6. The van der Waals surface area contributed by atoms with Gasteiger partial charge in [0.1, 0.15) is 17.5 Å². The van der Waals surface area contributed by atoms with Crippen LogP contribution in [0.2, 0.25) is 5.02 Å². The van der Waals surface area contributed by atoms with Gasteiger partial charge in [-0.25, -0.2) is 9.18 Å². The van der Waals surface area contributed by atoms with E-state index < -0.39 is 29.8 Å². The largest absolute Gasteiger partial charge is 0.444 e. The second-order valence-corrected chi connectivity index (χ2v) is 7.37. The zero-order valence-corrected chi connectivity index (χ0v) is 15.0. The molecule has 0 unspecified atom stereocenters. The maximum Gasteiger partial charge on any atom is 0.410 e. The highest BCUT2D eigenvalue weighted by Crippen LogP contribution is 2.19. The standard InChI is InChI=1S/C16H23ClFN3O3/c1-9-10(17)7-13(19-9)14(22)20-12-5-6-21(8-11(12)18)15(23)24-16(2,3)4/h7,11-12,19H,5-6,8H2,1-4H3,(H,20,22)/t11-,12+/m0/s1. The zero-order chi connectivity index (χ0) is 18.1. The van der Waals surface area contributed by atoms with Gasteiger partial charge in [-0.2, -0.15) is 0 Å². The van der Waals surface area contributed by atoms with E-state index in [4.69, 9.17) is 16.3 Å². The molecule has 1 aromatic heterocycles. The van der Waals surface area contributed by atoms with E-state index in [1.165, 1.54) is 11.0 Å². The number of H-pyrrole nitrogens is 1. The third-order valence-electron chi connectivity index (χ3n) is 3.71. The minimum absolute atomic E-state index is 0.107. The summed E-state index contributed by atoms with van der Waals surface area (Å²) in [4.78, 5) is 28.3. The van der Waals surface area contributed by atoms with Gasteiger partial charge >= 0.3 is 6.09 Å². The Morgan fingerprint density at radius 1 is 1.46 bits per heavy atom. The van der Waals surface area contributed by atoms with Gasteiger partial charge in [0.05, 0.1) is 17.6 Å². The van der Waals surface area contributed by atoms with Crippen LogP contribution in [-0.2, 0) is 4.74 Å². The highest BCUT2D eigenvalue weighted by atomic mass is 35.5. The summed E-state index contributed by atoms with van der Waals surface area (Å²) in [5.74, 6) is -0.414. The molecule has 1 aromatic rings. The van der Waals surface area contributed by atoms with Gasteiger partial charge in [0.15, 0.2) is 0 Å². The van der Waals surface area contributed by atoms with E-state index in [0.29, 0.717) is 29.4 Å². The summed E-state index contributed by atoms with van der Waals surface area (Å²) in [6.45, 7) is 7.24. The highest BCUT2D eigenvalue weighted by Gasteiger charge is 2.34. The number of nitrogens with one attached hydrogen (secondary N) is 2. The van der Waals surface area contributed by atoms with Crippen LogP contribution in [0.4, 0.5) is 9.18 Å². The minimum atomic E-state index is -1.36. The van der Waals surface area contributed by atoms with Gasteiger partial charge < -0.3 is 19.9 Å². The highest BCUT2D eigenvalue weighted by molar-refractivity contribution is 6.31. The fourth-order valence-electron chi connectivity index (χ4n) is 2.46. The van der Waals surface area contributed by atoms with E-state index in [1.807, 2.05) is 0 Å². The van der Waals surface area contributed by atoms with Gasteiger partial charge in [0.25, 0.3) is 5.91 Å². The molecule has 2 heterocycles. The smallest absolute Gasteiger partial charge is 0.410 e. The van der Waals surface area contributed by atoms with Crippen LogP contribution in [0.25, 0.3) is 0 Å². The van der Waals surface area contributed by atoms with E-state index in [9.17, 15) is 14.0 Å². The maximum atomic E-state index is 14.4. The number of carbonyl (C=O) groups is 2. The van der Waals surface area contributed by atoms with Crippen molar-refractivity contribution < 1.29 is 18.7 Å². The lowest BCUT2D eigenvalue weighted by molar-refractivity contribution is 0.00970. The monoisotopic (exact) mass is 359 g/mol. The molecule has 2 N–H and O–H groups in total. The number of aryl methyl sites for hydroxylation is 1. The predicted octanol–water partition coefficient (Wildman–Crippen LogP) is 3.05. The first-order valence-electron chi connectivity index (χ1n) is 7.85. The molecule has 134 valence electrons. The Bertz CT molecular complexity index is 607. The van der Waals surface area contributed by atoms with Crippen molar-refractivity contribution in [1.82, 2.24) is 15.2 Å². The van der Waals surface area contributed by atoms with Crippen molar-refractivity contribution in [3.05, 3.63) is 22.5 Å². The molecule has 0 aromatic carbocycles. The van der Waals surface area contributed by atoms with Crippen molar-refractivity contribution in [2.45, 2.75) is 51.9 Å². The summed E-state index contributed by atoms with van der Waals surface area (Å²) in [5.41, 5.74) is 0.344. The fourth-order valence-corrected chi connectivity index (χ4v) is 2.62. The number of halogens is 2. The first-order valence-corrected chi connectivity index (χ1v) is 8.22. The molecular formula is C16H23ClFN3O3. The summed E-state index contributed by atoms with van der Waals surface area (Å²) in [7, 11) is 0. The molecule has 0 radical (unpaired) electrons. The number of likely N-dealkylation sites (tertiary alicyclic amines) is 1. The zero-order valence-electron chi connectivity index (χ0n) is 14.3. The molecule has 0 spiro atoms. The van der Waals surface area contributed by atoms with Crippen LogP contribution in [-0.4, -0.2) is 52.8 Å². The van der Waals surface area contributed by atoms with E-state index in [2.05, 4.69) is 10.3 Å². The molecule has 0 bridgehead atoms. The number of rotatable bonds is 2. The minimum Gasteiger partial charge on any atom is -0.444 e. The van der Waals surface area contributed by atoms with Crippen LogP contribution in [0, 0.1) is 6.92 Å². The summed E-state index contributed by atoms with van der Waals surface area (Å²) >= 11 is 5.91. The lowest BCUT2D eigenvalue weighted by Crippen LogP contribution is -2.54. The molecular weight excluding hydrogens is 337 g/mol. The molecule has 2 rings (SSSR count). The molecule has 0 saturated carbocycles. The molecule has 2 atom stereocenters. The Balaban J connectivity index is 1.91. The van der Waals surface area contributed by atoms with Crippen LogP contribution < -0.4 is 5.32 Å². The van der Waals surface area contributed by atoms with E-state index in [-0.39, 0.29) is 6.54 Å². The van der Waals surface area contributed by atoms with Gasteiger partial charge in [-0.15, -0.1) is 0 Å². The van der Waals surface area contributed by atoms with Crippen LogP contribution in [0.3, 0.4) is 0 Å². The molecule has 1 fully saturated rings. The molecule has 1 aliphatic rings. The van der Waals surface area contributed by atoms with Gasteiger partial charge in [-0.1, -0.05) is 11.6 Å². The topological polar surface area (TPSA) is 74.4 Å². The van der Waals surface area contributed by atoms with Crippen LogP contribution in [0.1, 0.15) is 43.4 Å². The average Bonchev–Trinajstić information content (AvgIpc) is 2.79. The van der Waals surface area contributed by atoms with Gasteiger partial charge in [-0.05, 0) is 40.2 Å². The third-order valence-corrected chi connectivity index (χ3v) is 4.10. The Morgan fingerprint density at radius 3 is 2.62 bits per heavy atom. The second-order valence-electron chi connectivity index (χ2n) is 6.97. The number of hydrogen-bond donors (Lipinski definition) is 2. The van der Waals surface area contributed by atoms with Crippen molar-refractivity contribution in [1.29, 1.82) is 0 Å². The Labute approximate surface area is 145 Å². The van der Waals surface area contributed by atoms with Crippen molar-refractivity contribution in [2.75, 3.05) is 13.1 Å². The van der Waals surface area contributed by atoms with Crippen molar-refractivity contribution in [3.8, 4) is 0 Å². The van der Waals surface area contributed by atoms with Crippen molar-refractivity contribution in [3.63, 3.8) is 0 Å². The summed E-state index contributed by atoms with van der Waals surface area (Å²) in [6, 6.07) is 0.855. The lowest BCUT2D eigenvalue weighted by Gasteiger charge is -2.35. The SMILES string of the molecule is Cc1[nH]c(C(=O)N[C@@H]2CCN(C(=O)OC(C)(C)C)C[C@@H]2F)cc1Cl. The molecule has 24 heavy (non-hydrogen) atoms. The number of ether oxygens (including phenoxy) is 1. The summed E-state index contributed by atoms with van der Waals surface area (Å²) in [5, 5.41) is 3.11. The van der Waals surface area contributed by atoms with Gasteiger partial charge in [0.2, 0.25) is 0 Å². The van der Waals surface area contributed by atoms with Gasteiger partial charge in [-0.3, -0.25) is 4.79 Å². The fraction of sp³-hybridized carbons (Fsp3) is 0.625. The van der Waals surface area contributed by atoms with Gasteiger partial charge in [0, 0.05) is 12.2 Å². The Kier molecular flexibility index (Phi) is 5.42. The molecule has 2 amide bonds. The molecule has 6 nitrogen and oxygen atoms in total.